The minimum Gasteiger partial charge on any atom is -0.356 e. The number of likely N-dealkylation sites (tertiary alicyclic amines) is 1. The molecule has 1 saturated heterocycles. The van der Waals surface area contributed by atoms with Crippen LogP contribution < -0.4 is 10.0 Å². The molecule has 20 heavy (non-hydrogen) atoms. The lowest BCUT2D eigenvalue weighted by Gasteiger charge is -2.33. The van der Waals surface area contributed by atoms with Crippen LogP contribution in [0.15, 0.2) is 4.99 Å². The van der Waals surface area contributed by atoms with Crippen LogP contribution in [0.4, 0.5) is 0 Å². The van der Waals surface area contributed by atoms with Gasteiger partial charge in [0.2, 0.25) is 10.0 Å². The van der Waals surface area contributed by atoms with Crippen molar-refractivity contribution >= 4 is 40.0 Å². The number of rotatable bonds is 5. The number of sulfonamides is 1. The number of hydrogen-bond donors (Lipinski definition) is 2. The Hall–Kier alpha value is -0.0900. The molecule has 1 aliphatic heterocycles. The van der Waals surface area contributed by atoms with Gasteiger partial charge >= 0.3 is 0 Å². The predicted octanol–water partition coefficient (Wildman–Crippen LogP) is 0.851. The molecule has 0 aromatic rings. The normalized spacial score (nSPS) is 20.4. The standard InChI is InChI=1S/C12H26N4O2S.HI/c1-11-6-4-9-16(10-11)12(13-2)14-7-5-8-15-19(3,17)18;/h11,15H,4-10H2,1-3H3,(H,13,14);1H. The lowest BCUT2D eigenvalue weighted by atomic mass is 10.0. The molecule has 2 N–H and O–H groups in total. The predicted molar refractivity (Wildman–Crippen MR) is 94.2 cm³/mol. The van der Waals surface area contributed by atoms with Crippen molar-refractivity contribution in [2.45, 2.75) is 26.2 Å². The fourth-order valence-electron chi connectivity index (χ4n) is 2.26. The Labute approximate surface area is 139 Å². The van der Waals surface area contributed by atoms with Gasteiger partial charge in [-0.25, -0.2) is 13.1 Å². The van der Waals surface area contributed by atoms with Crippen molar-refractivity contribution in [1.29, 1.82) is 0 Å². The molecule has 1 heterocycles. The van der Waals surface area contributed by atoms with Crippen LogP contribution in [0.1, 0.15) is 26.2 Å². The highest BCUT2D eigenvalue weighted by Crippen LogP contribution is 2.15. The summed E-state index contributed by atoms with van der Waals surface area (Å²) < 4.78 is 24.3. The van der Waals surface area contributed by atoms with E-state index in [4.69, 9.17) is 0 Å². The van der Waals surface area contributed by atoms with Gasteiger partial charge in [-0.1, -0.05) is 6.92 Å². The van der Waals surface area contributed by atoms with E-state index in [9.17, 15) is 8.42 Å². The minimum atomic E-state index is -3.08. The molecule has 0 amide bonds. The number of nitrogens with one attached hydrogen (secondary N) is 2. The van der Waals surface area contributed by atoms with E-state index in [0.717, 1.165) is 32.0 Å². The molecule has 1 unspecified atom stereocenters. The number of guanidine groups is 1. The third kappa shape index (κ3) is 8.25. The fraction of sp³-hybridized carbons (Fsp3) is 0.917. The van der Waals surface area contributed by atoms with Gasteiger partial charge < -0.3 is 10.2 Å². The highest BCUT2D eigenvalue weighted by molar-refractivity contribution is 14.0. The minimum absolute atomic E-state index is 0. The first kappa shape index (κ1) is 19.9. The first-order valence-corrected chi connectivity index (χ1v) is 8.71. The summed E-state index contributed by atoms with van der Waals surface area (Å²) in [5.74, 6) is 1.63. The maximum Gasteiger partial charge on any atom is 0.208 e. The summed E-state index contributed by atoms with van der Waals surface area (Å²) in [7, 11) is -1.29. The van der Waals surface area contributed by atoms with Crippen LogP contribution in [-0.2, 0) is 10.0 Å². The molecule has 0 aliphatic carbocycles. The van der Waals surface area contributed by atoms with E-state index in [2.05, 4.69) is 26.9 Å². The summed E-state index contributed by atoms with van der Waals surface area (Å²) in [6.07, 6.45) is 4.41. The lowest BCUT2D eigenvalue weighted by Crippen LogP contribution is -2.46. The van der Waals surface area contributed by atoms with Crippen LogP contribution in [0.3, 0.4) is 0 Å². The molecule has 0 spiro atoms. The van der Waals surface area contributed by atoms with Gasteiger partial charge in [0, 0.05) is 33.2 Å². The largest absolute Gasteiger partial charge is 0.356 e. The van der Waals surface area contributed by atoms with Crippen molar-refractivity contribution in [2.24, 2.45) is 10.9 Å². The Bertz CT molecular complexity index is 400. The summed E-state index contributed by atoms with van der Waals surface area (Å²) in [6, 6.07) is 0. The van der Waals surface area contributed by atoms with E-state index in [1.54, 1.807) is 7.05 Å². The first-order valence-electron chi connectivity index (χ1n) is 6.82. The molecular weight excluding hydrogens is 391 g/mol. The molecule has 0 aromatic carbocycles. The van der Waals surface area contributed by atoms with Gasteiger partial charge in [0.25, 0.3) is 0 Å². The summed E-state index contributed by atoms with van der Waals surface area (Å²) in [5, 5.41) is 3.29. The monoisotopic (exact) mass is 418 g/mol. The van der Waals surface area contributed by atoms with Gasteiger partial charge in [0.1, 0.15) is 0 Å². The fourth-order valence-corrected chi connectivity index (χ4v) is 2.78. The number of piperidine rings is 1. The third-order valence-electron chi connectivity index (χ3n) is 3.17. The van der Waals surface area contributed by atoms with E-state index in [0.29, 0.717) is 12.5 Å². The summed E-state index contributed by atoms with van der Waals surface area (Å²) in [5.41, 5.74) is 0. The Balaban J connectivity index is 0.00000361. The maximum atomic E-state index is 10.9. The molecule has 1 fully saturated rings. The van der Waals surface area contributed by atoms with Crippen molar-refractivity contribution in [3.63, 3.8) is 0 Å². The molecule has 0 saturated carbocycles. The first-order chi connectivity index (χ1) is 8.92. The quantitative estimate of drug-likeness (QED) is 0.301. The SMILES string of the molecule is CN=C(NCCCNS(C)(=O)=O)N1CCCC(C)C1.I. The Morgan fingerprint density at radius 2 is 2.10 bits per heavy atom. The Kier molecular flexibility index (Phi) is 9.73. The molecule has 0 radical (unpaired) electrons. The van der Waals surface area contributed by atoms with Crippen LogP contribution in [0.2, 0.25) is 0 Å². The van der Waals surface area contributed by atoms with Gasteiger partial charge in [0.15, 0.2) is 5.96 Å². The van der Waals surface area contributed by atoms with Gasteiger partial charge in [-0.3, -0.25) is 4.99 Å². The Morgan fingerprint density at radius 3 is 2.65 bits per heavy atom. The average Bonchev–Trinajstić information content (AvgIpc) is 2.32. The van der Waals surface area contributed by atoms with Crippen molar-refractivity contribution in [2.75, 3.05) is 39.5 Å². The second-order valence-corrected chi connectivity index (χ2v) is 7.02. The van der Waals surface area contributed by atoms with E-state index < -0.39 is 10.0 Å². The third-order valence-corrected chi connectivity index (χ3v) is 3.90. The van der Waals surface area contributed by atoms with Crippen molar-refractivity contribution in [3.05, 3.63) is 0 Å². The molecule has 0 bridgehead atoms. The summed E-state index contributed by atoms with van der Waals surface area (Å²) in [4.78, 5) is 6.56. The van der Waals surface area contributed by atoms with Crippen LogP contribution in [-0.4, -0.2) is 58.8 Å². The van der Waals surface area contributed by atoms with E-state index >= 15 is 0 Å². The highest BCUT2D eigenvalue weighted by atomic mass is 127. The molecule has 6 nitrogen and oxygen atoms in total. The van der Waals surface area contributed by atoms with Crippen LogP contribution in [0.25, 0.3) is 0 Å². The Morgan fingerprint density at radius 1 is 1.40 bits per heavy atom. The van der Waals surface area contributed by atoms with Crippen molar-refractivity contribution in [3.8, 4) is 0 Å². The number of aliphatic imine (C=N–C) groups is 1. The van der Waals surface area contributed by atoms with E-state index in [1.165, 1.54) is 19.1 Å². The number of hydrogen-bond acceptors (Lipinski definition) is 3. The zero-order valence-corrected chi connectivity index (χ0v) is 15.7. The molecule has 1 aliphatic rings. The summed E-state index contributed by atoms with van der Waals surface area (Å²) in [6.45, 7) is 5.53. The molecule has 8 heteroatoms. The maximum absolute atomic E-state index is 10.9. The lowest BCUT2D eigenvalue weighted by molar-refractivity contribution is 0.266. The molecular formula is C12H27IN4O2S. The smallest absolute Gasteiger partial charge is 0.208 e. The number of nitrogens with zero attached hydrogens (tertiary/aromatic N) is 2. The summed E-state index contributed by atoms with van der Waals surface area (Å²) >= 11 is 0. The zero-order valence-electron chi connectivity index (χ0n) is 12.6. The van der Waals surface area contributed by atoms with Crippen LogP contribution in [0.5, 0.6) is 0 Å². The van der Waals surface area contributed by atoms with Gasteiger partial charge in [-0.2, -0.15) is 0 Å². The van der Waals surface area contributed by atoms with E-state index in [-0.39, 0.29) is 24.0 Å². The van der Waals surface area contributed by atoms with Crippen molar-refractivity contribution in [1.82, 2.24) is 14.9 Å². The highest BCUT2D eigenvalue weighted by Gasteiger charge is 2.18. The molecule has 120 valence electrons. The topological polar surface area (TPSA) is 73.8 Å². The molecule has 1 rings (SSSR count). The van der Waals surface area contributed by atoms with Gasteiger partial charge in [-0.15, -0.1) is 24.0 Å². The van der Waals surface area contributed by atoms with Crippen LogP contribution in [0, 0.1) is 5.92 Å². The number of halogens is 1. The van der Waals surface area contributed by atoms with Crippen LogP contribution >= 0.6 is 24.0 Å². The molecule has 0 aromatic heterocycles. The van der Waals surface area contributed by atoms with Gasteiger partial charge in [-0.05, 0) is 25.2 Å². The second kappa shape index (κ2) is 9.78. The second-order valence-electron chi connectivity index (χ2n) is 5.19. The van der Waals surface area contributed by atoms with Crippen molar-refractivity contribution < 1.29 is 8.42 Å². The zero-order chi connectivity index (χ0) is 14.3. The molecule has 1 atom stereocenters. The average molecular weight is 418 g/mol. The van der Waals surface area contributed by atoms with E-state index in [1.807, 2.05) is 0 Å². The van der Waals surface area contributed by atoms with Gasteiger partial charge in [0.05, 0.1) is 6.26 Å².